The lowest BCUT2D eigenvalue weighted by Gasteiger charge is -2.06. The summed E-state index contributed by atoms with van der Waals surface area (Å²) in [5, 5.41) is 7.48. The average molecular weight is 256 g/mol. The summed E-state index contributed by atoms with van der Waals surface area (Å²) in [6.45, 7) is 2.61. The van der Waals surface area contributed by atoms with E-state index in [2.05, 4.69) is 10.4 Å². The number of aryl methyl sites for hydroxylation is 2. The second kappa shape index (κ2) is 5.68. The van der Waals surface area contributed by atoms with Crippen LogP contribution in [0.25, 0.3) is 0 Å². The fourth-order valence-corrected chi connectivity index (χ4v) is 1.57. The van der Waals surface area contributed by atoms with Gasteiger partial charge in [-0.25, -0.2) is 4.39 Å². The molecule has 5 heteroatoms. The van der Waals surface area contributed by atoms with Crippen LogP contribution in [0.2, 0.25) is 0 Å². The largest absolute Gasteiger partial charge is 0.366 e. The third-order valence-electron chi connectivity index (χ3n) is 2.39. The predicted molar refractivity (Wildman–Crippen MR) is 68.9 cm³/mol. The molecule has 1 aromatic heterocycles. The molecule has 0 spiro atoms. The quantitative estimate of drug-likeness (QED) is 0.914. The van der Waals surface area contributed by atoms with E-state index in [0.29, 0.717) is 6.54 Å². The van der Waals surface area contributed by atoms with Crippen LogP contribution in [-0.2, 0) is 13.6 Å². The van der Waals surface area contributed by atoms with Gasteiger partial charge in [0.2, 0.25) is 0 Å². The highest BCUT2D eigenvalue weighted by Crippen LogP contribution is 2.10. The van der Waals surface area contributed by atoms with E-state index in [1.54, 1.807) is 16.8 Å². The van der Waals surface area contributed by atoms with Crippen molar-refractivity contribution in [1.29, 1.82) is 0 Å². The SMILES string of the molecule is Cc1cc(NCc2ccc(F)cc2)n(C)n1.Cl. The van der Waals surface area contributed by atoms with Gasteiger partial charge in [-0.2, -0.15) is 5.10 Å². The van der Waals surface area contributed by atoms with Crippen LogP contribution in [0, 0.1) is 12.7 Å². The van der Waals surface area contributed by atoms with Crippen molar-refractivity contribution in [3.8, 4) is 0 Å². The maximum absolute atomic E-state index is 12.7. The molecule has 0 fully saturated rings. The van der Waals surface area contributed by atoms with Crippen molar-refractivity contribution >= 4 is 18.2 Å². The maximum atomic E-state index is 12.7. The molecule has 0 aliphatic heterocycles. The van der Waals surface area contributed by atoms with E-state index in [1.165, 1.54) is 12.1 Å². The minimum atomic E-state index is -0.208. The Bertz CT molecular complexity index is 479. The number of hydrogen-bond donors (Lipinski definition) is 1. The zero-order valence-electron chi connectivity index (χ0n) is 9.77. The normalized spacial score (nSPS) is 9.82. The van der Waals surface area contributed by atoms with E-state index in [4.69, 9.17) is 0 Å². The molecular weight excluding hydrogens is 241 g/mol. The highest BCUT2D eigenvalue weighted by Gasteiger charge is 2.01. The Morgan fingerprint density at radius 3 is 2.47 bits per heavy atom. The summed E-state index contributed by atoms with van der Waals surface area (Å²) in [6, 6.07) is 8.44. The lowest BCUT2D eigenvalue weighted by molar-refractivity contribution is 0.627. The van der Waals surface area contributed by atoms with Crippen LogP contribution >= 0.6 is 12.4 Å². The topological polar surface area (TPSA) is 29.9 Å². The Balaban J connectivity index is 0.00000144. The third-order valence-corrected chi connectivity index (χ3v) is 2.39. The van der Waals surface area contributed by atoms with Gasteiger partial charge in [-0.3, -0.25) is 4.68 Å². The van der Waals surface area contributed by atoms with Crippen molar-refractivity contribution in [3.63, 3.8) is 0 Å². The van der Waals surface area contributed by atoms with Gasteiger partial charge in [0, 0.05) is 19.7 Å². The molecule has 1 N–H and O–H groups in total. The van der Waals surface area contributed by atoms with Gasteiger partial charge >= 0.3 is 0 Å². The van der Waals surface area contributed by atoms with E-state index in [9.17, 15) is 4.39 Å². The molecule has 1 aromatic carbocycles. The fourth-order valence-electron chi connectivity index (χ4n) is 1.57. The number of benzene rings is 1. The third kappa shape index (κ3) is 3.46. The number of rotatable bonds is 3. The molecule has 0 radical (unpaired) electrons. The zero-order valence-corrected chi connectivity index (χ0v) is 10.6. The van der Waals surface area contributed by atoms with Crippen molar-refractivity contribution in [2.45, 2.75) is 13.5 Å². The van der Waals surface area contributed by atoms with Gasteiger partial charge in [-0.15, -0.1) is 12.4 Å². The number of anilines is 1. The lowest BCUT2D eigenvalue weighted by atomic mass is 10.2. The summed E-state index contributed by atoms with van der Waals surface area (Å²) < 4.78 is 14.5. The average Bonchev–Trinajstić information content (AvgIpc) is 2.57. The maximum Gasteiger partial charge on any atom is 0.124 e. The van der Waals surface area contributed by atoms with Gasteiger partial charge in [0.1, 0.15) is 11.6 Å². The molecule has 1 heterocycles. The molecule has 17 heavy (non-hydrogen) atoms. The number of nitrogens with one attached hydrogen (secondary N) is 1. The molecule has 0 aliphatic rings. The molecule has 3 nitrogen and oxygen atoms in total. The second-order valence-electron chi connectivity index (χ2n) is 3.77. The van der Waals surface area contributed by atoms with Crippen molar-refractivity contribution in [2.24, 2.45) is 7.05 Å². The molecule has 92 valence electrons. The number of aromatic nitrogens is 2. The minimum Gasteiger partial charge on any atom is -0.366 e. The second-order valence-corrected chi connectivity index (χ2v) is 3.77. The standard InChI is InChI=1S/C12H14FN3.ClH/c1-9-7-12(16(2)15-9)14-8-10-3-5-11(13)6-4-10;/h3-7,14H,8H2,1-2H3;1H. The molecule has 0 aliphatic carbocycles. The molecular formula is C12H15ClFN3. The molecule has 0 bridgehead atoms. The van der Waals surface area contributed by atoms with Gasteiger partial charge < -0.3 is 5.32 Å². The van der Waals surface area contributed by atoms with E-state index in [-0.39, 0.29) is 18.2 Å². The van der Waals surface area contributed by atoms with Gasteiger partial charge in [-0.1, -0.05) is 12.1 Å². The first-order valence-corrected chi connectivity index (χ1v) is 5.14. The van der Waals surface area contributed by atoms with Crippen molar-refractivity contribution in [3.05, 3.63) is 47.4 Å². The van der Waals surface area contributed by atoms with Crippen molar-refractivity contribution in [2.75, 3.05) is 5.32 Å². The van der Waals surface area contributed by atoms with Crippen LogP contribution in [0.15, 0.2) is 30.3 Å². The van der Waals surface area contributed by atoms with Gasteiger partial charge in [0.05, 0.1) is 5.69 Å². The smallest absolute Gasteiger partial charge is 0.124 e. The monoisotopic (exact) mass is 255 g/mol. The van der Waals surface area contributed by atoms with Crippen molar-refractivity contribution in [1.82, 2.24) is 9.78 Å². The Labute approximate surface area is 106 Å². The summed E-state index contributed by atoms with van der Waals surface area (Å²) in [6.07, 6.45) is 0. The van der Waals surface area contributed by atoms with E-state index in [0.717, 1.165) is 17.1 Å². The van der Waals surface area contributed by atoms with E-state index >= 15 is 0 Å². The van der Waals surface area contributed by atoms with Crippen LogP contribution in [0.5, 0.6) is 0 Å². The molecule has 0 saturated carbocycles. The molecule has 0 saturated heterocycles. The Morgan fingerprint density at radius 1 is 1.29 bits per heavy atom. The van der Waals surface area contributed by atoms with Crippen LogP contribution in [0.3, 0.4) is 0 Å². The molecule has 0 atom stereocenters. The lowest BCUT2D eigenvalue weighted by Crippen LogP contribution is -2.04. The first-order valence-electron chi connectivity index (χ1n) is 5.14. The summed E-state index contributed by atoms with van der Waals surface area (Å²) in [5.41, 5.74) is 2.02. The Hall–Kier alpha value is -1.55. The Kier molecular flexibility index (Phi) is 4.52. The first kappa shape index (κ1) is 13.5. The number of halogens is 2. The van der Waals surface area contributed by atoms with Gasteiger partial charge in [-0.05, 0) is 24.6 Å². The van der Waals surface area contributed by atoms with E-state index < -0.39 is 0 Å². The van der Waals surface area contributed by atoms with Gasteiger partial charge in [0.15, 0.2) is 0 Å². The fraction of sp³-hybridized carbons (Fsp3) is 0.250. The molecule has 0 amide bonds. The van der Waals surface area contributed by atoms with Crippen LogP contribution < -0.4 is 5.32 Å². The summed E-state index contributed by atoms with van der Waals surface area (Å²) in [5.74, 6) is 0.752. The zero-order chi connectivity index (χ0) is 11.5. The summed E-state index contributed by atoms with van der Waals surface area (Å²) in [7, 11) is 1.89. The van der Waals surface area contributed by atoms with Gasteiger partial charge in [0.25, 0.3) is 0 Å². The molecule has 0 unspecified atom stereocenters. The molecule has 2 aromatic rings. The number of hydrogen-bond acceptors (Lipinski definition) is 2. The Morgan fingerprint density at radius 2 is 1.94 bits per heavy atom. The molecule has 2 rings (SSSR count). The minimum absolute atomic E-state index is 0. The van der Waals surface area contributed by atoms with E-state index in [1.807, 2.05) is 20.0 Å². The highest BCUT2D eigenvalue weighted by atomic mass is 35.5. The first-order chi connectivity index (χ1) is 7.65. The number of nitrogens with zero attached hydrogens (tertiary/aromatic N) is 2. The predicted octanol–water partition coefficient (Wildman–Crippen LogP) is 2.90. The van der Waals surface area contributed by atoms with Crippen LogP contribution in [0.4, 0.5) is 10.2 Å². The summed E-state index contributed by atoms with van der Waals surface area (Å²) in [4.78, 5) is 0. The van der Waals surface area contributed by atoms with Crippen molar-refractivity contribution < 1.29 is 4.39 Å². The highest BCUT2D eigenvalue weighted by molar-refractivity contribution is 5.85. The van der Waals surface area contributed by atoms with Crippen LogP contribution in [0.1, 0.15) is 11.3 Å². The van der Waals surface area contributed by atoms with Crippen LogP contribution in [-0.4, -0.2) is 9.78 Å². The summed E-state index contributed by atoms with van der Waals surface area (Å²) >= 11 is 0.